The van der Waals surface area contributed by atoms with Crippen LogP contribution in [0.2, 0.25) is 0 Å². The Balaban J connectivity index is 1.69. The molecule has 0 bridgehead atoms. The van der Waals surface area contributed by atoms with Gasteiger partial charge in [-0.15, -0.1) is 0 Å². The van der Waals surface area contributed by atoms with E-state index in [1.54, 1.807) is 25.2 Å². The second-order valence-electron chi connectivity index (χ2n) is 7.21. The van der Waals surface area contributed by atoms with Crippen molar-refractivity contribution >= 4 is 11.9 Å². The van der Waals surface area contributed by atoms with Gasteiger partial charge in [0.15, 0.2) is 0 Å². The van der Waals surface area contributed by atoms with E-state index in [0.29, 0.717) is 12.1 Å². The molecule has 2 aromatic carbocycles. The van der Waals surface area contributed by atoms with E-state index in [0.717, 1.165) is 30.5 Å². The molecule has 6 heteroatoms. The summed E-state index contributed by atoms with van der Waals surface area (Å²) >= 11 is 0. The summed E-state index contributed by atoms with van der Waals surface area (Å²) in [6.07, 6.45) is 1.93. The van der Waals surface area contributed by atoms with Crippen LogP contribution in [0.15, 0.2) is 48.5 Å². The Hall–Kier alpha value is -2.89. The maximum atomic E-state index is 13.1. The summed E-state index contributed by atoms with van der Waals surface area (Å²) in [7, 11) is 1.64. The number of likely N-dealkylation sites (tertiary alicyclic amines) is 1. The maximum absolute atomic E-state index is 13.1. The molecular weight excluding hydrogens is 357 g/mol. The Kier molecular flexibility index (Phi) is 6.29. The minimum absolute atomic E-state index is 0.0632. The van der Waals surface area contributed by atoms with Crippen LogP contribution < -0.4 is 10.6 Å². The second-order valence-corrected chi connectivity index (χ2v) is 7.21. The number of benzene rings is 2. The zero-order chi connectivity index (χ0) is 20.1. The first-order valence-electron chi connectivity index (χ1n) is 9.61. The van der Waals surface area contributed by atoms with Crippen LogP contribution >= 0.6 is 0 Å². The Morgan fingerprint density at radius 2 is 1.93 bits per heavy atom. The number of hydrogen-bond donors (Lipinski definition) is 2. The quantitative estimate of drug-likeness (QED) is 0.843. The lowest BCUT2D eigenvalue weighted by Crippen LogP contribution is -2.43. The summed E-state index contributed by atoms with van der Waals surface area (Å²) in [4.78, 5) is 26.4. The molecule has 1 fully saturated rings. The van der Waals surface area contributed by atoms with Crippen molar-refractivity contribution in [2.24, 2.45) is 0 Å². The van der Waals surface area contributed by atoms with E-state index < -0.39 is 0 Å². The number of nitrogens with one attached hydrogen (secondary N) is 2. The summed E-state index contributed by atoms with van der Waals surface area (Å²) in [5.41, 5.74) is 2.50. The van der Waals surface area contributed by atoms with Gasteiger partial charge in [-0.25, -0.2) is 9.18 Å². The molecule has 1 aliphatic heterocycles. The van der Waals surface area contributed by atoms with Crippen LogP contribution in [0.3, 0.4) is 0 Å². The number of nitrogens with zero attached hydrogens (tertiary/aromatic N) is 1. The van der Waals surface area contributed by atoms with Crippen molar-refractivity contribution in [1.82, 2.24) is 15.5 Å². The van der Waals surface area contributed by atoms with Gasteiger partial charge in [0.05, 0.1) is 6.04 Å². The van der Waals surface area contributed by atoms with Crippen molar-refractivity contribution in [2.75, 3.05) is 20.1 Å². The fraction of sp³-hybridized carbons (Fsp3) is 0.364. The lowest BCUT2D eigenvalue weighted by atomic mass is 9.89. The van der Waals surface area contributed by atoms with E-state index in [-0.39, 0.29) is 29.7 Å². The third-order valence-electron chi connectivity index (χ3n) is 5.26. The first-order chi connectivity index (χ1) is 13.5. The van der Waals surface area contributed by atoms with Crippen LogP contribution in [-0.4, -0.2) is 37.0 Å². The van der Waals surface area contributed by atoms with Crippen molar-refractivity contribution in [1.29, 1.82) is 0 Å². The van der Waals surface area contributed by atoms with E-state index in [2.05, 4.69) is 10.6 Å². The van der Waals surface area contributed by atoms with E-state index in [9.17, 15) is 14.0 Å². The molecule has 5 nitrogen and oxygen atoms in total. The molecule has 0 saturated carbocycles. The number of carbonyl (C=O) groups is 2. The number of urea groups is 1. The van der Waals surface area contributed by atoms with Gasteiger partial charge in [0.1, 0.15) is 5.82 Å². The van der Waals surface area contributed by atoms with Crippen LogP contribution in [0.5, 0.6) is 0 Å². The van der Waals surface area contributed by atoms with Gasteiger partial charge in [-0.2, -0.15) is 0 Å². The molecule has 0 spiro atoms. The minimum atomic E-state index is -0.298. The Bertz CT molecular complexity index is 838. The molecule has 1 saturated heterocycles. The summed E-state index contributed by atoms with van der Waals surface area (Å²) in [6.45, 7) is 3.28. The van der Waals surface area contributed by atoms with Crippen molar-refractivity contribution in [3.05, 3.63) is 71.0 Å². The largest absolute Gasteiger partial charge is 0.346 e. The summed E-state index contributed by atoms with van der Waals surface area (Å²) < 4.78 is 13.1. The van der Waals surface area contributed by atoms with E-state index in [1.807, 2.05) is 30.0 Å². The Labute approximate surface area is 164 Å². The van der Waals surface area contributed by atoms with Crippen LogP contribution in [-0.2, 0) is 0 Å². The highest BCUT2D eigenvalue weighted by Gasteiger charge is 2.24. The zero-order valence-electron chi connectivity index (χ0n) is 16.2. The second kappa shape index (κ2) is 8.87. The van der Waals surface area contributed by atoms with Crippen molar-refractivity contribution in [2.45, 2.75) is 31.7 Å². The summed E-state index contributed by atoms with van der Waals surface area (Å²) in [6, 6.07) is 13.4. The predicted octanol–water partition coefficient (Wildman–Crippen LogP) is 3.84. The van der Waals surface area contributed by atoms with Gasteiger partial charge in [-0.3, -0.25) is 4.79 Å². The molecule has 2 aromatic rings. The lowest BCUT2D eigenvalue weighted by Gasteiger charge is -2.32. The van der Waals surface area contributed by atoms with Crippen molar-refractivity contribution < 1.29 is 14.0 Å². The number of hydrogen-bond acceptors (Lipinski definition) is 2. The fourth-order valence-electron chi connectivity index (χ4n) is 3.64. The van der Waals surface area contributed by atoms with E-state index in [1.165, 1.54) is 12.1 Å². The first-order valence-corrected chi connectivity index (χ1v) is 9.61. The molecular formula is C22H26FN3O2. The van der Waals surface area contributed by atoms with Gasteiger partial charge in [0, 0.05) is 31.6 Å². The predicted molar refractivity (Wildman–Crippen MR) is 107 cm³/mol. The number of halogens is 1. The standard InChI is InChI=1S/C22H26FN3O2/c1-15(16-8-10-20(23)11-9-16)25-21(27)18-6-3-5-17(13-18)19-7-4-12-26(14-19)22(28)24-2/h3,5-6,8-11,13,15,19H,4,7,12,14H2,1-2H3,(H,24,28)(H,25,27)/t15-,19+/m0/s1. The monoisotopic (exact) mass is 383 g/mol. The zero-order valence-corrected chi connectivity index (χ0v) is 16.2. The third kappa shape index (κ3) is 4.68. The summed E-state index contributed by atoms with van der Waals surface area (Å²) in [5, 5.41) is 5.64. The average molecular weight is 383 g/mol. The molecule has 148 valence electrons. The molecule has 1 heterocycles. The SMILES string of the molecule is CNC(=O)N1CCC[C@@H](c2cccc(C(=O)N[C@@H](C)c3ccc(F)cc3)c2)C1. The van der Waals surface area contributed by atoms with Crippen LogP contribution in [0.4, 0.5) is 9.18 Å². The average Bonchev–Trinajstić information content (AvgIpc) is 2.73. The lowest BCUT2D eigenvalue weighted by molar-refractivity contribution is 0.0939. The Morgan fingerprint density at radius 1 is 1.18 bits per heavy atom. The molecule has 0 unspecified atom stereocenters. The van der Waals surface area contributed by atoms with Gasteiger partial charge >= 0.3 is 6.03 Å². The fourth-order valence-corrected chi connectivity index (χ4v) is 3.64. The molecule has 0 aromatic heterocycles. The van der Waals surface area contributed by atoms with Gasteiger partial charge in [-0.05, 0) is 55.2 Å². The van der Waals surface area contributed by atoms with Crippen LogP contribution in [0, 0.1) is 5.82 Å². The molecule has 28 heavy (non-hydrogen) atoms. The number of amides is 3. The molecule has 2 atom stereocenters. The van der Waals surface area contributed by atoms with Crippen LogP contribution in [0.25, 0.3) is 0 Å². The molecule has 0 aliphatic carbocycles. The van der Waals surface area contributed by atoms with Gasteiger partial charge in [0.2, 0.25) is 0 Å². The molecule has 3 amide bonds. The van der Waals surface area contributed by atoms with Crippen molar-refractivity contribution in [3.63, 3.8) is 0 Å². The maximum Gasteiger partial charge on any atom is 0.317 e. The van der Waals surface area contributed by atoms with E-state index >= 15 is 0 Å². The van der Waals surface area contributed by atoms with Gasteiger partial charge < -0.3 is 15.5 Å². The highest BCUT2D eigenvalue weighted by molar-refractivity contribution is 5.94. The van der Waals surface area contributed by atoms with Gasteiger partial charge in [-0.1, -0.05) is 24.3 Å². The highest BCUT2D eigenvalue weighted by atomic mass is 19.1. The van der Waals surface area contributed by atoms with Crippen molar-refractivity contribution in [3.8, 4) is 0 Å². The van der Waals surface area contributed by atoms with Crippen LogP contribution in [0.1, 0.15) is 53.2 Å². The number of carbonyl (C=O) groups excluding carboxylic acids is 2. The Morgan fingerprint density at radius 3 is 2.64 bits per heavy atom. The smallest absolute Gasteiger partial charge is 0.317 e. The highest BCUT2D eigenvalue weighted by Crippen LogP contribution is 2.27. The van der Waals surface area contributed by atoms with Gasteiger partial charge in [0.25, 0.3) is 5.91 Å². The summed E-state index contributed by atoms with van der Waals surface area (Å²) in [5.74, 6) is -0.251. The van der Waals surface area contributed by atoms with E-state index in [4.69, 9.17) is 0 Å². The number of piperidine rings is 1. The normalized spacial score (nSPS) is 17.7. The third-order valence-corrected chi connectivity index (χ3v) is 5.26. The topological polar surface area (TPSA) is 61.4 Å². The molecule has 3 rings (SSSR count). The first kappa shape index (κ1) is 19.9. The molecule has 1 aliphatic rings. The molecule has 2 N–H and O–H groups in total. The number of rotatable bonds is 4. The minimum Gasteiger partial charge on any atom is -0.346 e. The molecule has 0 radical (unpaired) electrons.